The Labute approximate surface area is 168 Å². The molecule has 1 aromatic heterocycles. The predicted molar refractivity (Wildman–Crippen MR) is 110 cm³/mol. The van der Waals surface area contributed by atoms with Gasteiger partial charge in [-0.2, -0.15) is 0 Å². The molecule has 0 bridgehead atoms. The van der Waals surface area contributed by atoms with Crippen molar-refractivity contribution in [1.82, 2.24) is 0 Å². The zero-order valence-corrected chi connectivity index (χ0v) is 16.9. The second-order valence-corrected chi connectivity index (χ2v) is 7.94. The molecule has 28 heavy (non-hydrogen) atoms. The van der Waals surface area contributed by atoms with Gasteiger partial charge in [0.1, 0.15) is 4.88 Å². The Morgan fingerprint density at radius 3 is 2.25 bits per heavy atom. The first-order valence-corrected chi connectivity index (χ1v) is 10.2. The Morgan fingerprint density at radius 1 is 1.00 bits per heavy atom. The molecule has 1 fully saturated rings. The molecule has 7 heteroatoms. The predicted octanol–water partition coefficient (Wildman–Crippen LogP) is 4.13. The number of piperidine rings is 1. The number of hydrogen-bond donors (Lipinski definition) is 1. The fourth-order valence-electron chi connectivity index (χ4n) is 3.06. The van der Waals surface area contributed by atoms with Gasteiger partial charge < -0.3 is 15.0 Å². The van der Waals surface area contributed by atoms with E-state index in [9.17, 15) is 14.4 Å². The van der Waals surface area contributed by atoms with E-state index in [-0.39, 0.29) is 5.78 Å². The van der Waals surface area contributed by atoms with Crippen molar-refractivity contribution < 1.29 is 19.1 Å². The summed E-state index contributed by atoms with van der Waals surface area (Å²) in [6, 6.07) is 10.8. The molecule has 2 heterocycles. The van der Waals surface area contributed by atoms with Crippen molar-refractivity contribution in [2.75, 3.05) is 23.3 Å². The summed E-state index contributed by atoms with van der Waals surface area (Å²) in [4.78, 5) is 38.9. The van der Waals surface area contributed by atoms with Crippen molar-refractivity contribution in [2.24, 2.45) is 0 Å². The second kappa shape index (κ2) is 9.01. The third-order valence-corrected chi connectivity index (χ3v) is 5.83. The van der Waals surface area contributed by atoms with Gasteiger partial charge in [-0.05, 0) is 69.5 Å². The van der Waals surface area contributed by atoms with Gasteiger partial charge in [-0.25, -0.2) is 4.79 Å². The van der Waals surface area contributed by atoms with E-state index in [4.69, 9.17) is 4.74 Å². The molecule has 1 aromatic carbocycles. The van der Waals surface area contributed by atoms with E-state index < -0.39 is 18.0 Å². The van der Waals surface area contributed by atoms with Gasteiger partial charge in [0, 0.05) is 24.5 Å². The number of esters is 1. The van der Waals surface area contributed by atoms with Crippen molar-refractivity contribution in [1.29, 1.82) is 0 Å². The first kappa shape index (κ1) is 20.1. The molecule has 1 aliphatic heterocycles. The summed E-state index contributed by atoms with van der Waals surface area (Å²) in [5.74, 6) is -1.12. The number of nitrogens with one attached hydrogen (secondary N) is 1. The number of amides is 1. The molecule has 2 aromatic rings. The lowest BCUT2D eigenvalue weighted by Crippen LogP contribution is -2.30. The first-order chi connectivity index (χ1) is 13.4. The van der Waals surface area contributed by atoms with Crippen molar-refractivity contribution in [3.8, 4) is 0 Å². The number of ether oxygens (including phenoxy) is 1. The van der Waals surface area contributed by atoms with Crippen LogP contribution in [0.5, 0.6) is 0 Å². The van der Waals surface area contributed by atoms with Crippen LogP contribution in [0.1, 0.15) is 52.5 Å². The molecule has 0 saturated carbocycles. The van der Waals surface area contributed by atoms with Crippen molar-refractivity contribution >= 4 is 40.4 Å². The number of carbonyl (C=O) groups is 3. The monoisotopic (exact) mass is 400 g/mol. The van der Waals surface area contributed by atoms with Crippen LogP contribution in [0.15, 0.2) is 36.4 Å². The summed E-state index contributed by atoms with van der Waals surface area (Å²) in [5, 5.41) is 2.77. The highest BCUT2D eigenvalue weighted by atomic mass is 32.1. The number of Topliss-reactive ketones (excluding diaryl/α,β-unsaturated/α-hetero) is 1. The zero-order valence-electron chi connectivity index (χ0n) is 16.1. The maximum absolute atomic E-state index is 12.3. The van der Waals surface area contributed by atoms with Gasteiger partial charge in [-0.15, -0.1) is 11.3 Å². The molecule has 0 radical (unpaired) electrons. The topological polar surface area (TPSA) is 75.7 Å². The second-order valence-electron chi connectivity index (χ2n) is 6.85. The molecule has 0 spiro atoms. The van der Waals surface area contributed by atoms with E-state index in [1.807, 2.05) is 24.3 Å². The highest BCUT2D eigenvalue weighted by Crippen LogP contribution is 2.22. The molecule has 3 rings (SSSR count). The van der Waals surface area contributed by atoms with Crippen molar-refractivity contribution in [3.63, 3.8) is 0 Å². The SMILES string of the molecule is CC(=O)c1ccc(C(=O)OC(C)C(=O)Nc2ccc(N3CCCCC3)cc2)s1. The summed E-state index contributed by atoms with van der Waals surface area (Å²) in [7, 11) is 0. The minimum absolute atomic E-state index is 0.108. The van der Waals surface area contributed by atoms with Crippen molar-refractivity contribution in [2.45, 2.75) is 39.2 Å². The number of anilines is 2. The molecular weight excluding hydrogens is 376 g/mol. The standard InChI is InChI=1S/C21H24N2O4S/c1-14(24)18-10-11-19(28-18)21(26)27-15(2)20(25)22-16-6-8-17(9-7-16)23-12-4-3-5-13-23/h6-11,15H,3-5,12-13H2,1-2H3,(H,22,25). The minimum atomic E-state index is -0.947. The molecule has 6 nitrogen and oxygen atoms in total. The quantitative estimate of drug-likeness (QED) is 0.583. The van der Waals surface area contributed by atoms with Crippen LogP contribution in [0, 0.1) is 0 Å². The van der Waals surface area contributed by atoms with E-state index in [0.29, 0.717) is 15.4 Å². The Bertz CT molecular complexity index is 854. The van der Waals surface area contributed by atoms with Crippen LogP contribution >= 0.6 is 11.3 Å². The Hall–Kier alpha value is -2.67. The average Bonchev–Trinajstić information content (AvgIpc) is 3.20. The Balaban J connectivity index is 1.54. The fraction of sp³-hybridized carbons (Fsp3) is 0.381. The maximum atomic E-state index is 12.3. The van der Waals surface area contributed by atoms with E-state index >= 15 is 0 Å². The number of hydrogen-bond acceptors (Lipinski definition) is 6. The lowest BCUT2D eigenvalue weighted by Gasteiger charge is -2.28. The molecular formula is C21H24N2O4S. The van der Waals surface area contributed by atoms with E-state index in [2.05, 4.69) is 10.2 Å². The van der Waals surface area contributed by atoms with Gasteiger partial charge in [-0.3, -0.25) is 9.59 Å². The molecule has 1 saturated heterocycles. The van der Waals surface area contributed by atoms with Crippen LogP contribution in [0.3, 0.4) is 0 Å². The lowest BCUT2D eigenvalue weighted by atomic mass is 10.1. The number of nitrogens with zero attached hydrogens (tertiary/aromatic N) is 1. The van der Waals surface area contributed by atoms with Crippen LogP contribution in [-0.4, -0.2) is 36.9 Å². The average molecular weight is 401 g/mol. The molecule has 1 amide bonds. The van der Waals surface area contributed by atoms with Gasteiger partial charge in [-0.1, -0.05) is 0 Å². The van der Waals surface area contributed by atoms with Gasteiger partial charge in [0.15, 0.2) is 11.9 Å². The molecule has 1 aliphatic rings. The number of ketones is 1. The van der Waals surface area contributed by atoms with Crippen LogP contribution in [-0.2, 0) is 9.53 Å². The van der Waals surface area contributed by atoms with Gasteiger partial charge >= 0.3 is 5.97 Å². The third kappa shape index (κ3) is 4.98. The van der Waals surface area contributed by atoms with E-state index in [0.717, 1.165) is 30.1 Å². The van der Waals surface area contributed by atoms with Crippen LogP contribution in [0.2, 0.25) is 0 Å². The van der Waals surface area contributed by atoms with Gasteiger partial charge in [0.05, 0.1) is 4.88 Å². The molecule has 1 N–H and O–H groups in total. The molecule has 148 valence electrons. The minimum Gasteiger partial charge on any atom is -0.448 e. The molecule has 1 atom stereocenters. The van der Waals surface area contributed by atoms with Crippen LogP contribution in [0.25, 0.3) is 0 Å². The number of rotatable bonds is 6. The smallest absolute Gasteiger partial charge is 0.349 e. The largest absolute Gasteiger partial charge is 0.448 e. The van der Waals surface area contributed by atoms with Crippen LogP contribution < -0.4 is 10.2 Å². The summed E-state index contributed by atoms with van der Waals surface area (Å²) in [6.45, 7) is 5.09. The maximum Gasteiger partial charge on any atom is 0.349 e. The summed E-state index contributed by atoms with van der Waals surface area (Å²) < 4.78 is 5.22. The summed E-state index contributed by atoms with van der Waals surface area (Å²) in [6.07, 6.45) is 2.75. The van der Waals surface area contributed by atoms with E-state index in [1.165, 1.54) is 39.2 Å². The highest BCUT2D eigenvalue weighted by molar-refractivity contribution is 7.15. The van der Waals surface area contributed by atoms with Crippen molar-refractivity contribution in [3.05, 3.63) is 46.2 Å². The van der Waals surface area contributed by atoms with Crippen LogP contribution in [0.4, 0.5) is 11.4 Å². The summed E-state index contributed by atoms with van der Waals surface area (Å²) in [5.41, 5.74) is 1.81. The molecule has 0 aliphatic carbocycles. The van der Waals surface area contributed by atoms with Gasteiger partial charge in [0.25, 0.3) is 5.91 Å². The lowest BCUT2D eigenvalue weighted by molar-refractivity contribution is -0.123. The fourth-order valence-corrected chi connectivity index (χ4v) is 3.84. The number of carbonyl (C=O) groups excluding carboxylic acids is 3. The third-order valence-electron chi connectivity index (χ3n) is 4.66. The Morgan fingerprint density at radius 2 is 1.64 bits per heavy atom. The highest BCUT2D eigenvalue weighted by Gasteiger charge is 2.21. The van der Waals surface area contributed by atoms with Gasteiger partial charge in [0.2, 0.25) is 0 Å². The molecule has 1 unspecified atom stereocenters. The number of benzene rings is 1. The first-order valence-electron chi connectivity index (χ1n) is 9.41. The Kier molecular flexibility index (Phi) is 6.46. The normalized spacial score (nSPS) is 15.0. The zero-order chi connectivity index (χ0) is 20.1. The van der Waals surface area contributed by atoms with E-state index in [1.54, 1.807) is 6.07 Å². The summed E-state index contributed by atoms with van der Waals surface area (Å²) >= 11 is 1.06. The number of thiophene rings is 1.